The van der Waals surface area contributed by atoms with Crippen molar-refractivity contribution in [2.24, 2.45) is 0 Å². The van der Waals surface area contributed by atoms with Gasteiger partial charge in [-0.3, -0.25) is 4.79 Å². The molecule has 1 atom stereocenters. The summed E-state index contributed by atoms with van der Waals surface area (Å²) in [7, 11) is 3.67. The molecule has 1 aliphatic rings. The number of likely N-dealkylation sites (N-methyl/N-ethyl adjacent to an activating group) is 1. The lowest BCUT2D eigenvalue weighted by molar-refractivity contribution is -0.118. The number of hydrogen-bond donors (Lipinski definition) is 3. The summed E-state index contributed by atoms with van der Waals surface area (Å²) in [6.07, 6.45) is 1.11. The van der Waals surface area contributed by atoms with Gasteiger partial charge in [-0.15, -0.1) is 0 Å². The van der Waals surface area contributed by atoms with E-state index in [-0.39, 0.29) is 5.91 Å². The molecule has 4 rings (SSSR count). The highest BCUT2D eigenvalue weighted by Gasteiger charge is 2.26. The number of carbonyl (C=O) groups excluding carboxylic acids is 2. The van der Waals surface area contributed by atoms with Crippen molar-refractivity contribution in [3.05, 3.63) is 83.4 Å². The molecule has 8 nitrogen and oxygen atoms in total. The Hall–Kier alpha value is -3.75. The molecule has 0 aromatic heterocycles. The zero-order chi connectivity index (χ0) is 26.2. The van der Waals surface area contributed by atoms with Crippen LogP contribution in [-0.4, -0.2) is 57.2 Å². The van der Waals surface area contributed by atoms with Crippen LogP contribution in [0.2, 0.25) is 5.02 Å². The van der Waals surface area contributed by atoms with Gasteiger partial charge < -0.3 is 30.5 Å². The molecule has 1 saturated heterocycles. The molecule has 0 saturated carbocycles. The minimum Gasteiger partial charge on any atom is -0.496 e. The highest BCUT2D eigenvalue weighted by Crippen LogP contribution is 2.27. The first kappa shape index (κ1) is 26.3. The third-order valence-corrected chi connectivity index (χ3v) is 6.56. The van der Waals surface area contributed by atoms with Crippen LogP contribution < -0.4 is 25.6 Å². The van der Waals surface area contributed by atoms with Crippen molar-refractivity contribution < 1.29 is 14.3 Å². The maximum Gasteiger partial charge on any atom is 0.320 e. The maximum absolute atomic E-state index is 13.4. The monoisotopic (exact) mass is 521 g/mol. The Kier molecular flexibility index (Phi) is 8.87. The molecule has 3 aromatic carbocycles. The largest absolute Gasteiger partial charge is 0.496 e. The van der Waals surface area contributed by atoms with E-state index in [2.05, 4.69) is 32.8 Å². The SMILES string of the molecule is COc1ccccc1C(NC(=O)Nc1ccc(Cl)cc1)C(=O)Nc1ccc(N2CCCN(C)CC2)cc1. The number of nitrogens with zero attached hydrogens (tertiary/aromatic N) is 2. The zero-order valence-corrected chi connectivity index (χ0v) is 21.8. The fraction of sp³-hybridized carbons (Fsp3) is 0.286. The number of rotatable bonds is 7. The molecule has 3 amide bonds. The second-order valence-electron chi connectivity index (χ2n) is 8.96. The van der Waals surface area contributed by atoms with Gasteiger partial charge in [-0.1, -0.05) is 29.8 Å². The number of anilines is 3. The number of hydrogen-bond acceptors (Lipinski definition) is 5. The molecule has 3 N–H and O–H groups in total. The molecule has 3 aromatic rings. The first-order valence-electron chi connectivity index (χ1n) is 12.2. The van der Waals surface area contributed by atoms with Crippen LogP contribution in [-0.2, 0) is 4.79 Å². The van der Waals surface area contributed by atoms with E-state index < -0.39 is 12.1 Å². The third kappa shape index (κ3) is 7.15. The second kappa shape index (κ2) is 12.5. The molecule has 194 valence electrons. The van der Waals surface area contributed by atoms with Gasteiger partial charge in [0.05, 0.1) is 7.11 Å². The predicted molar refractivity (Wildman–Crippen MR) is 149 cm³/mol. The van der Waals surface area contributed by atoms with E-state index in [1.165, 1.54) is 7.11 Å². The lowest BCUT2D eigenvalue weighted by Crippen LogP contribution is -2.39. The molecule has 9 heteroatoms. The predicted octanol–water partition coefficient (Wildman–Crippen LogP) is 4.99. The lowest BCUT2D eigenvalue weighted by atomic mass is 10.0. The van der Waals surface area contributed by atoms with Crippen molar-refractivity contribution >= 4 is 40.6 Å². The molecule has 0 bridgehead atoms. The molecule has 37 heavy (non-hydrogen) atoms. The van der Waals surface area contributed by atoms with E-state index in [1.807, 2.05) is 30.3 Å². The van der Waals surface area contributed by atoms with Gasteiger partial charge in [0.25, 0.3) is 5.91 Å². The zero-order valence-electron chi connectivity index (χ0n) is 21.0. The number of urea groups is 1. The molecule has 0 spiro atoms. The molecular weight excluding hydrogens is 490 g/mol. The highest BCUT2D eigenvalue weighted by molar-refractivity contribution is 6.30. The van der Waals surface area contributed by atoms with Crippen LogP contribution in [0, 0.1) is 0 Å². The number of ether oxygens (including phenoxy) is 1. The molecule has 1 fully saturated rings. The molecular formula is C28H32ClN5O3. The number of benzene rings is 3. The van der Waals surface area contributed by atoms with Gasteiger partial charge in [-0.05, 0) is 74.6 Å². The fourth-order valence-corrected chi connectivity index (χ4v) is 4.42. The van der Waals surface area contributed by atoms with Crippen molar-refractivity contribution in [3.8, 4) is 5.75 Å². The van der Waals surface area contributed by atoms with E-state index in [4.69, 9.17) is 16.3 Å². The summed E-state index contributed by atoms with van der Waals surface area (Å²) in [6.45, 7) is 4.07. The average Bonchev–Trinajstić information content (AvgIpc) is 3.13. The van der Waals surface area contributed by atoms with Gasteiger partial charge in [-0.2, -0.15) is 0 Å². The van der Waals surface area contributed by atoms with Gasteiger partial charge in [-0.25, -0.2) is 4.79 Å². The number of halogens is 1. The normalized spacial score (nSPS) is 14.8. The Morgan fingerprint density at radius 3 is 2.27 bits per heavy atom. The lowest BCUT2D eigenvalue weighted by Gasteiger charge is -2.23. The van der Waals surface area contributed by atoms with Crippen molar-refractivity contribution in [2.45, 2.75) is 12.5 Å². The Morgan fingerprint density at radius 2 is 1.54 bits per heavy atom. The van der Waals surface area contributed by atoms with E-state index in [0.717, 1.165) is 38.3 Å². The highest BCUT2D eigenvalue weighted by atomic mass is 35.5. The van der Waals surface area contributed by atoms with Crippen molar-refractivity contribution in [3.63, 3.8) is 0 Å². The average molecular weight is 522 g/mol. The first-order chi connectivity index (χ1) is 17.9. The maximum atomic E-state index is 13.4. The second-order valence-corrected chi connectivity index (χ2v) is 9.40. The van der Waals surface area contributed by atoms with Gasteiger partial charge in [0.2, 0.25) is 0 Å². The van der Waals surface area contributed by atoms with Crippen LogP contribution in [0.25, 0.3) is 0 Å². The minimum atomic E-state index is -0.996. The summed E-state index contributed by atoms with van der Waals surface area (Å²) in [6, 6.07) is 20.1. The van der Waals surface area contributed by atoms with Crippen LogP contribution in [0.5, 0.6) is 5.75 Å². The summed E-state index contributed by atoms with van der Waals surface area (Å²) in [5, 5.41) is 9.01. The Labute approximate surface area is 222 Å². The quantitative estimate of drug-likeness (QED) is 0.408. The summed E-state index contributed by atoms with van der Waals surface area (Å²) in [5.41, 5.74) is 2.85. The van der Waals surface area contributed by atoms with E-state index in [0.29, 0.717) is 27.7 Å². The molecule has 1 aliphatic heterocycles. The van der Waals surface area contributed by atoms with Crippen LogP contribution in [0.3, 0.4) is 0 Å². The van der Waals surface area contributed by atoms with Gasteiger partial charge in [0.15, 0.2) is 0 Å². The molecule has 1 unspecified atom stereocenters. The van der Waals surface area contributed by atoms with Gasteiger partial charge >= 0.3 is 6.03 Å². The fourth-order valence-electron chi connectivity index (χ4n) is 4.30. The summed E-state index contributed by atoms with van der Waals surface area (Å²) >= 11 is 5.93. The van der Waals surface area contributed by atoms with Crippen LogP contribution in [0.4, 0.5) is 21.9 Å². The molecule has 0 radical (unpaired) electrons. The summed E-state index contributed by atoms with van der Waals surface area (Å²) < 4.78 is 5.47. The van der Waals surface area contributed by atoms with Crippen LogP contribution >= 0.6 is 11.6 Å². The Morgan fingerprint density at radius 1 is 0.865 bits per heavy atom. The molecule has 1 heterocycles. The molecule has 0 aliphatic carbocycles. The Bertz CT molecular complexity index is 1200. The number of nitrogens with one attached hydrogen (secondary N) is 3. The smallest absolute Gasteiger partial charge is 0.320 e. The minimum absolute atomic E-state index is 0.389. The van der Waals surface area contributed by atoms with Crippen molar-refractivity contribution in [1.29, 1.82) is 0 Å². The number of methoxy groups -OCH3 is 1. The van der Waals surface area contributed by atoms with Gasteiger partial charge in [0, 0.05) is 47.3 Å². The topological polar surface area (TPSA) is 85.9 Å². The summed E-state index contributed by atoms with van der Waals surface area (Å²) in [4.78, 5) is 31.0. The number of para-hydroxylation sites is 1. The van der Waals surface area contributed by atoms with E-state index >= 15 is 0 Å². The Balaban J connectivity index is 1.49. The van der Waals surface area contributed by atoms with Crippen LogP contribution in [0.1, 0.15) is 18.0 Å². The van der Waals surface area contributed by atoms with Crippen molar-refractivity contribution in [2.75, 3.05) is 55.9 Å². The van der Waals surface area contributed by atoms with Gasteiger partial charge in [0.1, 0.15) is 11.8 Å². The first-order valence-corrected chi connectivity index (χ1v) is 12.6. The third-order valence-electron chi connectivity index (χ3n) is 6.31. The summed E-state index contributed by atoms with van der Waals surface area (Å²) in [5.74, 6) is 0.107. The van der Waals surface area contributed by atoms with Crippen molar-refractivity contribution in [1.82, 2.24) is 10.2 Å². The van der Waals surface area contributed by atoms with Crippen LogP contribution in [0.15, 0.2) is 72.8 Å². The number of carbonyl (C=O) groups is 2. The number of amides is 3. The van der Waals surface area contributed by atoms with E-state index in [1.54, 1.807) is 42.5 Å². The van der Waals surface area contributed by atoms with E-state index in [9.17, 15) is 9.59 Å². The standard InChI is InChI=1S/C28H32ClN5O3/c1-33-16-5-17-34(19-18-33)23-14-12-21(13-15-23)30-27(35)26(24-6-3-4-7-25(24)37-2)32-28(36)31-22-10-8-20(29)9-11-22/h3-4,6-15,26H,5,16-19H2,1-2H3,(H,30,35)(H2,31,32,36).